The first kappa shape index (κ1) is 19.6. The number of esters is 1. The molecule has 1 aromatic heterocycles. The third-order valence-electron chi connectivity index (χ3n) is 3.87. The number of rotatable bonds is 7. The molecule has 144 valence electrons. The second kappa shape index (κ2) is 9.14. The van der Waals surface area contributed by atoms with Crippen LogP contribution < -0.4 is 5.32 Å². The Morgan fingerprint density at radius 1 is 1.14 bits per heavy atom. The third kappa shape index (κ3) is 5.17. The molecule has 28 heavy (non-hydrogen) atoms. The second-order valence-electron chi connectivity index (χ2n) is 5.96. The van der Waals surface area contributed by atoms with Gasteiger partial charge in [0.25, 0.3) is 0 Å². The number of hydrogen-bond donors (Lipinski definition) is 1. The third-order valence-corrected chi connectivity index (χ3v) is 4.88. The van der Waals surface area contributed by atoms with Gasteiger partial charge in [-0.15, -0.1) is 5.10 Å². The van der Waals surface area contributed by atoms with E-state index in [0.717, 1.165) is 5.56 Å². The highest BCUT2D eigenvalue weighted by atomic mass is 32.2. The van der Waals surface area contributed by atoms with E-state index in [4.69, 9.17) is 4.74 Å². The number of amides is 1. The van der Waals surface area contributed by atoms with E-state index in [-0.39, 0.29) is 17.8 Å². The van der Waals surface area contributed by atoms with Crippen molar-refractivity contribution in [2.24, 2.45) is 7.05 Å². The molecule has 2 aromatic carbocycles. The summed E-state index contributed by atoms with van der Waals surface area (Å²) < 4.78 is 6.98. The highest BCUT2D eigenvalue weighted by Crippen LogP contribution is 2.19. The van der Waals surface area contributed by atoms with Crippen molar-refractivity contribution in [3.05, 3.63) is 65.7 Å². The number of anilines is 1. The van der Waals surface area contributed by atoms with E-state index in [1.165, 1.54) is 16.4 Å². The zero-order chi connectivity index (χ0) is 19.9. The smallest absolute Gasteiger partial charge is 0.338 e. The van der Waals surface area contributed by atoms with Gasteiger partial charge in [-0.25, -0.2) is 9.48 Å². The van der Waals surface area contributed by atoms with Crippen LogP contribution in [-0.2, 0) is 16.6 Å². The van der Waals surface area contributed by atoms with E-state index in [2.05, 4.69) is 20.8 Å². The average molecular weight is 397 g/mol. The Balaban J connectivity index is 1.52. The quantitative estimate of drug-likeness (QED) is 0.483. The largest absolute Gasteiger partial charge is 0.454 e. The van der Waals surface area contributed by atoms with Crippen molar-refractivity contribution in [2.45, 2.75) is 18.2 Å². The van der Waals surface area contributed by atoms with E-state index >= 15 is 0 Å². The number of aryl methyl sites for hydroxylation is 1. The van der Waals surface area contributed by atoms with E-state index in [9.17, 15) is 9.59 Å². The number of tetrazole rings is 1. The molecule has 0 saturated heterocycles. The normalized spacial score (nSPS) is 11.6. The van der Waals surface area contributed by atoms with Crippen molar-refractivity contribution >= 4 is 29.3 Å². The standard InChI is InChI=1S/C19H19N5O3S/c1-13(14-6-4-3-5-7-14)27-18(26)15-8-10-16(11-9-15)20-17(25)12-28-19-21-22-23-24(19)2/h3-11,13H,12H2,1-2H3,(H,20,25)/t13-/m0/s1. The molecule has 3 aromatic rings. The van der Waals surface area contributed by atoms with Gasteiger partial charge >= 0.3 is 5.97 Å². The van der Waals surface area contributed by atoms with Gasteiger partial charge in [-0.3, -0.25) is 4.79 Å². The Hall–Kier alpha value is -3.20. The summed E-state index contributed by atoms with van der Waals surface area (Å²) in [6, 6.07) is 16.1. The molecule has 1 atom stereocenters. The summed E-state index contributed by atoms with van der Waals surface area (Å²) in [7, 11) is 1.71. The van der Waals surface area contributed by atoms with Crippen LogP contribution in [0, 0.1) is 0 Å². The zero-order valence-corrected chi connectivity index (χ0v) is 16.2. The minimum absolute atomic E-state index is 0.173. The SMILES string of the molecule is C[C@H](OC(=O)c1ccc(NC(=O)CSc2nnnn2C)cc1)c1ccccc1. The van der Waals surface area contributed by atoms with Crippen LogP contribution >= 0.6 is 11.8 Å². The van der Waals surface area contributed by atoms with Crippen LogP contribution in [0.25, 0.3) is 0 Å². The van der Waals surface area contributed by atoms with Crippen LogP contribution in [-0.4, -0.2) is 37.8 Å². The Morgan fingerprint density at radius 2 is 1.86 bits per heavy atom. The fourth-order valence-electron chi connectivity index (χ4n) is 2.38. The molecular weight excluding hydrogens is 378 g/mol. The number of ether oxygens (including phenoxy) is 1. The number of benzene rings is 2. The monoisotopic (exact) mass is 397 g/mol. The van der Waals surface area contributed by atoms with E-state index < -0.39 is 5.97 Å². The molecule has 0 fully saturated rings. The van der Waals surface area contributed by atoms with E-state index in [1.54, 1.807) is 31.3 Å². The Labute approximate surface area is 166 Å². The first-order chi connectivity index (χ1) is 13.5. The van der Waals surface area contributed by atoms with Crippen molar-refractivity contribution in [3.8, 4) is 0 Å². The topological polar surface area (TPSA) is 99.0 Å². The number of aromatic nitrogens is 4. The van der Waals surface area contributed by atoms with Crippen LogP contribution in [0.3, 0.4) is 0 Å². The lowest BCUT2D eigenvalue weighted by molar-refractivity contribution is -0.113. The van der Waals surface area contributed by atoms with Crippen LogP contribution in [0.15, 0.2) is 59.8 Å². The van der Waals surface area contributed by atoms with E-state index in [1.807, 2.05) is 37.3 Å². The maximum atomic E-state index is 12.3. The van der Waals surface area contributed by atoms with Gasteiger partial charge in [0, 0.05) is 12.7 Å². The van der Waals surface area contributed by atoms with Gasteiger partial charge in [-0.05, 0) is 47.2 Å². The van der Waals surface area contributed by atoms with Crippen LogP contribution in [0.5, 0.6) is 0 Å². The van der Waals surface area contributed by atoms with Crippen LogP contribution in [0.2, 0.25) is 0 Å². The molecule has 0 aliphatic heterocycles. The minimum atomic E-state index is -0.417. The second-order valence-corrected chi connectivity index (χ2v) is 6.90. The molecule has 3 rings (SSSR count). The molecule has 0 aliphatic carbocycles. The molecule has 8 nitrogen and oxygen atoms in total. The van der Waals surface area contributed by atoms with Crippen molar-refractivity contribution in [3.63, 3.8) is 0 Å². The molecule has 0 radical (unpaired) electrons. The van der Waals surface area contributed by atoms with Gasteiger partial charge in [-0.2, -0.15) is 0 Å². The predicted octanol–water partition coefficient (Wildman–Crippen LogP) is 2.86. The Bertz CT molecular complexity index is 944. The highest BCUT2D eigenvalue weighted by Gasteiger charge is 2.14. The van der Waals surface area contributed by atoms with Crippen molar-refractivity contribution in [1.82, 2.24) is 20.2 Å². The molecule has 1 amide bonds. The zero-order valence-electron chi connectivity index (χ0n) is 15.4. The first-order valence-electron chi connectivity index (χ1n) is 8.54. The van der Waals surface area contributed by atoms with Gasteiger partial charge in [0.05, 0.1) is 11.3 Å². The van der Waals surface area contributed by atoms with Crippen LogP contribution in [0.1, 0.15) is 28.9 Å². The number of nitrogens with one attached hydrogen (secondary N) is 1. The van der Waals surface area contributed by atoms with E-state index in [0.29, 0.717) is 16.4 Å². The number of nitrogens with zero attached hydrogens (tertiary/aromatic N) is 4. The first-order valence-corrected chi connectivity index (χ1v) is 9.52. The molecule has 0 saturated carbocycles. The summed E-state index contributed by atoms with van der Waals surface area (Å²) >= 11 is 1.23. The lowest BCUT2D eigenvalue weighted by Gasteiger charge is -2.13. The summed E-state index contributed by atoms with van der Waals surface area (Å²) in [5, 5.41) is 14.3. The number of carbonyl (C=O) groups excluding carboxylic acids is 2. The fourth-order valence-corrected chi connectivity index (χ4v) is 3.03. The molecular formula is C19H19N5O3S. The Kier molecular flexibility index (Phi) is 6.38. The number of thioether (sulfide) groups is 1. The van der Waals surface area contributed by atoms with Gasteiger partial charge in [-0.1, -0.05) is 42.1 Å². The average Bonchev–Trinajstić information content (AvgIpc) is 3.12. The summed E-state index contributed by atoms with van der Waals surface area (Å²) in [6.45, 7) is 1.83. The fraction of sp³-hybridized carbons (Fsp3) is 0.211. The summed E-state index contributed by atoms with van der Waals surface area (Å²) in [5.41, 5.74) is 1.94. The molecule has 0 unspecified atom stereocenters. The summed E-state index contributed by atoms with van der Waals surface area (Å²) in [6.07, 6.45) is -0.347. The molecule has 0 aliphatic rings. The molecule has 1 N–H and O–H groups in total. The maximum absolute atomic E-state index is 12.3. The lowest BCUT2D eigenvalue weighted by atomic mass is 10.1. The van der Waals surface area contributed by atoms with Crippen molar-refractivity contribution in [1.29, 1.82) is 0 Å². The molecule has 0 bridgehead atoms. The molecule has 9 heteroatoms. The van der Waals surface area contributed by atoms with Crippen LogP contribution in [0.4, 0.5) is 5.69 Å². The van der Waals surface area contributed by atoms with Gasteiger partial charge in [0.15, 0.2) is 0 Å². The van der Waals surface area contributed by atoms with Gasteiger partial charge in [0.2, 0.25) is 11.1 Å². The predicted molar refractivity (Wildman–Crippen MR) is 105 cm³/mol. The molecule has 0 spiro atoms. The lowest BCUT2D eigenvalue weighted by Crippen LogP contribution is -2.15. The molecule has 1 heterocycles. The maximum Gasteiger partial charge on any atom is 0.338 e. The summed E-state index contributed by atoms with van der Waals surface area (Å²) in [5.74, 6) is -0.437. The van der Waals surface area contributed by atoms with Gasteiger partial charge < -0.3 is 10.1 Å². The van der Waals surface area contributed by atoms with Crippen molar-refractivity contribution in [2.75, 3.05) is 11.1 Å². The highest BCUT2D eigenvalue weighted by molar-refractivity contribution is 7.99. The summed E-state index contributed by atoms with van der Waals surface area (Å²) in [4.78, 5) is 24.3. The Morgan fingerprint density at radius 3 is 2.50 bits per heavy atom. The number of carbonyl (C=O) groups is 2. The van der Waals surface area contributed by atoms with Crippen molar-refractivity contribution < 1.29 is 14.3 Å². The van der Waals surface area contributed by atoms with Gasteiger partial charge in [0.1, 0.15) is 6.10 Å². The minimum Gasteiger partial charge on any atom is -0.454 e. The number of hydrogen-bond acceptors (Lipinski definition) is 7.